The van der Waals surface area contributed by atoms with E-state index in [-0.39, 0.29) is 61.5 Å². The van der Waals surface area contributed by atoms with Crippen LogP contribution in [-0.4, -0.2) is 13.5 Å². The molecule has 0 radical (unpaired) electrons. The van der Waals surface area contributed by atoms with Crippen molar-refractivity contribution >= 4 is 49.0 Å². The molecular weight excluding hydrogens is 2080 g/mol. The number of para-hydroxylation sites is 12. The lowest BCUT2D eigenvalue weighted by molar-refractivity contribution is 0.00351. The van der Waals surface area contributed by atoms with Crippen molar-refractivity contribution < 1.29 is 78.4 Å². The molecule has 19 rings (SSSR count). The summed E-state index contributed by atoms with van der Waals surface area (Å²) in [5.41, 5.74) is 9.06. The number of phenolic OH excluding ortho intramolecular Hbond substituents is 1. The second-order valence-electron chi connectivity index (χ2n) is 32.8. The number of aromatic hydroxyl groups is 1. The fraction of sp³-hybridized carbons (Fsp3) is 0.123. The number of hydrogen-bond donors (Lipinski definition) is 1. The maximum atomic E-state index is 12.6. The quantitative estimate of drug-likeness (QED) is 0.0233. The van der Waals surface area contributed by atoms with Crippen molar-refractivity contribution in [3.8, 4) is 91.6 Å². The van der Waals surface area contributed by atoms with E-state index in [1.807, 2.05) is 406 Å². The van der Waals surface area contributed by atoms with Crippen LogP contribution in [0, 0.1) is 3.57 Å². The Hall–Kier alpha value is -16.5. The summed E-state index contributed by atoms with van der Waals surface area (Å²) < 4.78 is 112. The van der Waals surface area contributed by atoms with E-state index >= 15 is 0 Å². The van der Waals surface area contributed by atoms with Gasteiger partial charge in [0.05, 0.1) is 0 Å². The summed E-state index contributed by atoms with van der Waals surface area (Å²) in [5.74, 6) is 8.90. The van der Waals surface area contributed by atoms with Crippen LogP contribution in [0.2, 0.25) is 0 Å². The van der Waals surface area contributed by atoms with Gasteiger partial charge in [0.1, 0.15) is 80.5 Å². The summed E-state index contributed by atoms with van der Waals surface area (Å²) in [6.07, 6.45) is -3.40. The summed E-state index contributed by atoms with van der Waals surface area (Å²) in [7, 11) is -5.07. The lowest BCUT2D eigenvalue weighted by Crippen LogP contribution is -2.16. The number of benzene rings is 19. The van der Waals surface area contributed by atoms with E-state index in [9.17, 15) is 17.4 Å². The summed E-state index contributed by atoms with van der Waals surface area (Å²) in [6.45, 7) is 6.63. The first-order chi connectivity index (χ1) is 70.3. The van der Waals surface area contributed by atoms with E-state index in [2.05, 4.69) is 124 Å². The molecule has 1 N–H and O–H groups in total. The summed E-state index contributed by atoms with van der Waals surface area (Å²) in [4.78, 5) is 0. The first-order valence-corrected chi connectivity index (χ1v) is 49.4. The number of halogens is 3. The highest BCUT2D eigenvalue weighted by Crippen LogP contribution is 2.37. The van der Waals surface area contributed by atoms with Gasteiger partial charge in [0.2, 0.25) is 0 Å². The van der Waals surface area contributed by atoms with E-state index in [4.69, 9.17) is 56.8 Å². The van der Waals surface area contributed by atoms with Crippen LogP contribution in [0.25, 0.3) is 11.1 Å². The Morgan fingerprint density at radius 3 is 0.573 bits per heavy atom. The molecule has 0 aliphatic rings. The molecule has 0 spiro atoms. The van der Waals surface area contributed by atoms with Crippen molar-refractivity contribution in [2.75, 3.05) is 0 Å². The second kappa shape index (κ2) is 63.1. The van der Waals surface area contributed by atoms with E-state index in [0.717, 1.165) is 95.3 Å². The highest BCUT2D eigenvalue weighted by Gasteiger charge is 2.24. The topological polar surface area (TPSA) is 174 Å². The molecule has 150 heavy (non-hydrogen) atoms. The Morgan fingerprint density at radius 2 is 0.380 bits per heavy atom. The van der Waals surface area contributed by atoms with Gasteiger partial charge in [-0.2, -0.15) is 8.42 Å². The Balaban J connectivity index is 0.000000218. The van der Waals surface area contributed by atoms with Crippen LogP contribution in [0.5, 0.6) is 80.5 Å². The van der Waals surface area contributed by atoms with Crippen LogP contribution in [0.15, 0.2) is 544 Å². The highest BCUT2D eigenvalue weighted by atomic mass is 127. The van der Waals surface area contributed by atoms with E-state index < -0.39 is 48.2 Å². The van der Waals surface area contributed by atoms with Gasteiger partial charge in [0.15, 0.2) is 0 Å². The van der Waals surface area contributed by atoms with Gasteiger partial charge in [-0.05, 0) is 263 Å². The summed E-state index contributed by atoms with van der Waals surface area (Å²) in [6, 6.07) is 171. The average Bonchev–Trinajstić information content (AvgIpc) is 0.839. The Bertz CT molecular complexity index is 6390. The molecule has 0 saturated heterocycles. The minimum atomic E-state index is -5.07. The maximum Gasteiger partial charge on any atom is 0.488 e. The lowest BCUT2D eigenvalue weighted by atomic mass is 9.87. The SMILES string of the molecule is Brc1ccc(C(Oc2ccccc2)Oc2ccccc2)cc1.C.C.C.C.C.C.CC(C)(C)c1ccc(C(Oc2ccccc2)Oc2ccccc2)cc1.Ic1ccc(C(Oc2ccccc2)Oc2ccccc2)cc1.O=S(=O)(F)Oc1ccc(C(Oc2ccccc2)Oc2ccccc2)cc1.Oc1ccc(C(Oc2ccccc2)Oc2ccccc2)cc1.c1ccc(OC(Oc2ccccc2)c2ccc(-c3ccccc3)cc2)cc1. The number of phenols is 1. The van der Waals surface area contributed by atoms with Gasteiger partial charge < -0.3 is 66.1 Å². The zero-order valence-electron chi connectivity index (χ0n) is 79.0. The van der Waals surface area contributed by atoms with Crippen LogP contribution in [0.3, 0.4) is 0 Å². The molecule has 0 aliphatic carbocycles. The molecular formula is C130H129BrFIO16S. The Morgan fingerprint density at radius 1 is 0.220 bits per heavy atom. The summed E-state index contributed by atoms with van der Waals surface area (Å²) in [5, 5.41) is 9.44. The zero-order valence-corrected chi connectivity index (χ0v) is 83.5. The highest BCUT2D eigenvalue weighted by molar-refractivity contribution is 14.1. The normalized spacial score (nSPS) is 10.3. The first-order valence-electron chi connectivity index (χ1n) is 46.2. The number of ether oxygens (including phenoxy) is 12. The molecule has 0 bridgehead atoms. The van der Waals surface area contributed by atoms with Crippen molar-refractivity contribution in [2.24, 2.45) is 0 Å². The molecule has 0 aliphatic heterocycles. The largest absolute Gasteiger partial charge is 0.508 e. The van der Waals surface area contributed by atoms with E-state index in [1.54, 1.807) is 48.5 Å². The zero-order chi connectivity index (χ0) is 100. The van der Waals surface area contributed by atoms with Crippen LogP contribution in [0.1, 0.15) is 142 Å². The van der Waals surface area contributed by atoms with Crippen LogP contribution in [0.4, 0.5) is 3.89 Å². The van der Waals surface area contributed by atoms with Crippen LogP contribution < -0.4 is 61.0 Å². The van der Waals surface area contributed by atoms with Crippen LogP contribution in [-0.2, 0) is 15.9 Å². The third-order valence-electron chi connectivity index (χ3n) is 21.0. The minimum absolute atomic E-state index is 0. The predicted molar refractivity (Wildman–Crippen MR) is 617 cm³/mol. The van der Waals surface area contributed by atoms with Gasteiger partial charge in [-0.15, -0.1) is 0 Å². The van der Waals surface area contributed by atoms with E-state index in [0.29, 0.717) is 17.1 Å². The van der Waals surface area contributed by atoms with Crippen molar-refractivity contribution in [3.63, 3.8) is 0 Å². The van der Waals surface area contributed by atoms with Crippen molar-refractivity contribution in [1.29, 1.82) is 0 Å². The molecule has 0 aromatic heterocycles. The molecule has 0 saturated carbocycles. The average molecular weight is 2210 g/mol. The van der Waals surface area contributed by atoms with Crippen LogP contribution >= 0.6 is 38.5 Å². The monoisotopic (exact) mass is 2200 g/mol. The molecule has 0 amide bonds. The van der Waals surface area contributed by atoms with Crippen molar-refractivity contribution in [1.82, 2.24) is 0 Å². The standard InChI is InChI=1S/C25H20O2.C23H24O2.C19H15BrO2.C19H15FO5S.C19H15IO2.C19H16O3.6CH4/c1-4-10-20(11-5-1)21-16-18-22(19-17-21)25(26-23-12-6-2-7-13-23)27-24-14-8-3-9-15-24;1-23(2,3)19-16-14-18(15-17-19)22(24-20-10-6-4-7-11-20)25-21-12-8-5-9-13-21;20-16-13-11-15(12-14-16)19(21-17-7-3-1-4-8-17)22-18-9-5-2-6-10-18;20-26(21,22)25-18-13-11-15(12-14-18)19(23-16-7-3-1-4-8-16)24-17-9-5-2-6-10-17;2*20-16-13-11-15(12-14-16)19(21-17-7-3-1-4-8-17)22-18-9-5-2-6-10-18;;;;;;/h1-19,25H;4-17,22H,1-3H3;1-14,19H;1-14,19H;1-14,19H;1-14,19-20H;6*1H4. The third-order valence-corrected chi connectivity index (χ3v) is 22.6. The fourth-order valence-electron chi connectivity index (χ4n) is 13.7. The van der Waals surface area contributed by atoms with Gasteiger partial charge in [0.25, 0.3) is 37.7 Å². The van der Waals surface area contributed by atoms with Gasteiger partial charge in [-0.1, -0.05) is 407 Å². The Kier molecular flexibility index (Phi) is 49.9. The predicted octanol–water partition coefficient (Wildman–Crippen LogP) is 36.5. The lowest BCUT2D eigenvalue weighted by Gasteiger charge is -2.23. The maximum absolute atomic E-state index is 12.6. The number of hydrogen-bond acceptors (Lipinski definition) is 16. The van der Waals surface area contributed by atoms with Gasteiger partial charge in [-0.3, -0.25) is 0 Å². The van der Waals surface area contributed by atoms with Crippen molar-refractivity contribution in [2.45, 2.75) is 108 Å². The second-order valence-corrected chi connectivity index (χ2v) is 35.9. The molecule has 0 atom stereocenters. The van der Waals surface area contributed by atoms with Crippen molar-refractivity contribution in [3.05, 3.63) is 587 Å². The molecule has 19 aromatic rings. The smallest absolute Gasteiger partial charge is 0.488 e. The molecule has 16 nitrogen and oxygen atoms in total. The number of rotatable bonds is 33. The molecule has 0 heterocycles. The molecule has 0 fully saturated rings. The Labute approximate surface area is 907 Å². The molecule has 19 aromatic carbocycles. The molecule has 772 valence electrons. The van der Waals surface area contributed by atoms with Gasteiger partial charge >= 0.3 is 10.5 Å². The third kappa shape index (κ3) is 40.7. The van der Waals surface area contributed by atoms with Gasteiger partial charge in [-0.25, -0.2) is 0 Å². The van der Waals surface area contributed by atoms with Gasteiger partial charge in [0, 0.05) is 41.4 Å². The first kappa shape index (κ1) is 119. The summed E-state index contributed by atoms with van der Waals surface area (Å²) >= 11 is 5.73. The molecule has 20 heteroatoms. The fourth-order valence-corrected chi connectivity index (χ4v) is 14.7. The minimum Gasteiger partial charge on any atom is -0.508 e. The van der Waals surface area contributed by atoms with E-state index in [1.165, 1.54) is 39.0 Å². The molecule has 0 unspecified atom stereocenters.